The van der Waals surface area contributed by atoms with Crippen molar-refractivity contribution >= 4 is 11.5 Å². The number of hydrogen-bond acceptors (Lipinski definition) is 5. The van der Waals surface area contributed by atoms with Crippen LogP contribution in [0, 0.1) is 11.3 Å². The molecular weight excluding hydrogens is 308 g/mol. The van der Waals surface area contributed by atoms with Crippen LogP contribution < -0.4 is 4.90 Å². The Bertz CT molecular complexity index is 671. The summed E-state index contributed by atoms with van der Waals surface area (Å²) in [5, 5.41) is 28.2. The fourth-order valence-electron chi connectivity index (χ4n) is 2.77. The first-order chi connectivity index (χ1) is 11.4. The van der Waals surface area contributed by atoms with Crippen LogP contribution in [0.15, 0.2) is 5.76 Å². The van der Waals surface area contributed by atoms with Crippen LogP contribution in [0.25, 0.3) is 5.57 Å². The maximum Gasteiger partial charge on any atom is 0.277 e. The molecule has 1 unspecified atom stereocenters. The average molecular weight is 333 g/mol. The van der Waals surface area contributed by atoms with Crippen LogP contribution in [0.2, 0.25) is 0 Å². The van der Waals surface area contributed by atoms with Crippen molar-refractivity contribution < 1.29 is 14.8 Å². The highest BCUT2D eigenvalue weighted by atomic mass is 16.3. The second kappa shape index (κ2) is 7.93. The lowest BCUT2D eigenvalue weighted by molar-refractivity contribution is -0.867. The van der Waals surface area contributed by atoms with E-state index in [0.717, 1.165) is 43.0 Å². The van der Waals surface area contributed by atoms with Crippen molar-refractivity contribution in [3.63, 3.8) is 0 Å². The number of amides is 1. The number of nitrogens with zero attached hydrogens (tertiary/aromatic N) is 5. The summed E-state index contributed by atoms with van der Waals surface area (Å²) >= 11 is 0. The van der Waals surface area contributed by atoms with E-state index in [9.17, 15) is 15.2 Å². The van der Waals surface area contributed by atoms with Crippen molar-refractivity contribution in [1.82, 2.24) is 19.7 Å². The summed E-state index contributed by atoms with van der Waals surface area (Å²) in [4.78, 5) is 14.1. The third-order valence-electron chi connectivity index (χ3n) is 4.15. The van der Waals surface area contributed by atoms with Gasteiger partial charge in [-0.3, -0.25) is 4.79 Å². The largest absolute Gasteiger partial charge is 0.506 e. The van der Waals surface area contributed by atoms with Crippen LogP contribution in [-0.4, -0.2) is 64.9 Å². The number of aryl methyl sites for hydroxylation is 1. The number of allylic oxidation sites excluding steroid dienone is 1. The van der Waals surface area contributed by atoms with Gasteiger partial charge in [0.05, 0.1) is 7.05 Å². The van der Waals surface area contributed by atoms with Crippen molar-refractivity contribution in [2.75, 3.05) is 34.2 Å². The minimum Gasteiger partial charge on any atom is -0.506 e. The van der Waals surface area contributed by atoms with Gasteiger partial charge in [0.15, 0.2) is 18.1 Å². The number of fused-ring (bicyclic) bond motifs is 1. The molecule has 130 valence electrons. The third kappa shape index (κ3) is 4.11. The molecule has 8 heteroatoms. The molecule has 0 fully saturated rings. The van der Waals surface area contributed by atoms with Gasteiger partial charge in [0.2, 0.25) is 0 Å². The first-order valence-electron chi connectivity index (χ1n) is 8.20. The maximum atomic E-state index is 11.7. The zero-order valence-electron chi connectivity index (χ0n) is 14.5. The van der Waals surface area contributed by atoms with Crippen LogP contribution in [0.1, 0.15) is 30.9 Å². The number of hydrogen-bond donors (Lipinski definition) is 2. The summed E-state index contributed by atoms with van der Waals surface area (Å²) in [5.74, 6) is 1.21. The fourth-order valence-corrected chi connectivity index (χ4v) is 2.77. The van der Waals surface area contributed by atoms with Gasteiger partial charge in [0, 0.05) is 27.1 Å². The Balaban J connectivity index is 2.20. The molecule has 0 aromatic carbocycles. The van der Waals surface area contributed by atoms with Gasteiger partial charge in [0.1, 0.15) is 24.0 Å². The summed E-state index contributed by atoms with van der Waals surface area (Å²) < 4.78 is 1.93. The van der Waals surface area contributed by atoms with Crippen molar-refractivity contribution in [3.8, 4) is 6.07 Å². The zero-order chi connectivity index (χ0) is 17.7. The number of carbonyl (C=O) groups is 1. The van der Waals surface area contributed by atoms with E-state index in [2.05, 4.69) is 16.3 Å². The molecule has 1 aromatic rings. The van der Waals surface area contributed by atoms with Gasteiger partial charge in [0.25, 0.3) is 5.91 Å². The van der Waals surface area contributed by atoms with Crippen LogP contribution in [-0.2, 0) is 17.8 Å². The molecule has 0 spiro atoms. The quantitative estimate of drug-likeness (QED) is 0.554. The Labute approximate surface area is 142 Å². The highest BCUT2D eigenvalue weighted by molar-refractivity contribution is 5.76. The Morgan fingerprint density at radius 1 is 1.33 bits per heavy atom. The van der Waals surface area contributed by atoms with Crippen LogP contribution in [0.5, 0.6) is 0 Å². The summed E-state index contributed by atoms with van der Waals surface area (Å²) in [6.07, 6.45) is 4.05. The number of aliphatic hydroxyl groups is 1. The molecule has 2 heterocycles. The molecule has 1 atom stereocenters. The topological polar surface area (TPSA) is 99.5 Å². The van der Waals surface area contributed by atoms with E-state index in [1.807, 2.05) is 4.57 Å². The van der Waals surface area contributed by atoms with Crippen LogP contribution in [0.3, 0.4) is 0 Å². The number of carbonyl (C=O) groups excluding carboxylic acids is 1. The molecule has 1 aliphatic rings. The van der Waals surface area contributed by atoms with E-state index >= 15 is 0 Å². The van der Waals surface area contributed by atoms with E-state index in [1.54, 1.807) is 21.1 Å². The summed E-state index contributed by atoms with van der Waals surface area (Å²) in [7, 11) is 5.19. The molecule has 2 N–H and O–H groups in total. The predicted molar refractivity (Wildman–Crippen MR) is 88.1 cm³/mol. The van der Waals surface area contributed by atoms with Gasteiger partial charge in [-0.2, -0.15) is 5.26 Å². The molecule has 1 aromatic heterocycles. The van der Waals surface area contributed by atoms with Gasteiger partial charge >= 0.3 is 0 Å². The van der Waals surface area contributed by atoms with Gasteiger partial charge in [-0.1, -0.05) is 6.42 Å². The molecule has 0 saturated carbocycles. The number of likely N-dealkylation sites (N-methyl/N-ethyl adjacent to an activating group) is 2. The number of nitrogens with one attached hydrogen (secondary N) is 1. The minimum absolute atomic E-state index is 0.0323. The summed E-state index contributed by atoms with van der Waals surface area (Å²) in [6.45, 7) is 1.19. The molecule has 0 radical (unpaired) electrons. The number of aliphatic hydroxyl groups excluding tert-OH is 1. The van der Waals surface area contributed by atoms with Gasteiger partial charge in [-0.15, -0.1) is 10.2 Å². The van der Waals surface area contributed by atoms with Gasteiger partial charge in [-0.25, -0.2) is 0 Å². The lowest BCUT2D eigenvalue weighted by atomic mass is 10.2. The van der Waals surface area contributed by atoms with Crippen LogP contribution in [0.4, 0.5) is 0 Å². The highest BCUT2D eigenvalue weighted by Gasteiger charge is 2.22. The Hall–Kier alpha value is -2.40. The van der Waals surface area contributed by atoms with E-state index < -0.39 is 0 Å². The predicted octanol–water partition coefficient (Wildman–Crippen LogP) is -0.600. The van der Waals surface area contributed by atoms with E-state index in [4.69, 9.17) is 0 Å². The lowest BCUT2D eigenvalue weighted by Crippen LogP contribution is -3.10. The first-order valence-corrected chi connectivity index (χ1v) is 8.20. The number of aromatic nitrogens is 3. The highest BCUT2D eigenvalue weighted by Crippen LogP contribution is 2.20. The second-order valence-corrected chi connectivity index (χ2v) is 6.43. The Morgan fingerprint density at radius 3 is 2.75 bits per heavy atom. The van der Waals surface area contributed by atoms with Crippen molar-refractivity contribution in [1.29, 1.82) is 5.26 Å². The molecule has 1 aliphatic heterocycles. The van der Waals surface area contributed by atoms with Crippen molar-refractivity contribution in [3.05, 3.63) is 17.4 Å². The number of rotatable bonds is 5. The van der Waals surface area contributed by atoms with E-state index in [0.29, 0.717) is 5.82 Å². The number of nitriles is 1. The molecule has 0 aliphatic carbocycles. The number of quaternary nitrogens is 1. The second-order valence-electron chi connectivity index (χ2n) is 6.43. The average Bonchev–Trinajstić information content (AvgIpc) is 2.77. The minimum atomic E-state index is -0.0546. The molecule has 0 saturated heterocycles. The summed E-state index contributed by atoms with van der Waals surface area (Å²) in [5.41, 5.74) is 0.146. The van der Waals surface area contributed by atoms with E-state index in [-0.39, 0.29) is 30.3 Å². The monoisotopic (exact) mass is 333 g/mol. The van der Waals surface area contributed by atoms with Crippen molar-refractivity contribution in [2.24, 2.45) is 0 Å². The lowest BCUT2D eigenvalue weighted by Gasteiger charge is -2.16. The summed E-state index contributed by atoms with van der Waals surface area (Å²) in [6, 6.07) is 2.05. The normalized spacial score (nSPS) is 16.4. The van der Waals surface area contributed by atoms with Gasteiger partial charge in [-0.05, 0) is 12.8 Å². The molecule has 8 nitrogen and oxygen atoms in total. The molecule has 2 rings (SSSR count). The maximum absolute atomic E-state index is 11.7. The molecule has 1 amide bonds. The van der Waals surface area contributed by atoms with E-state index in [1.165, 1.54) is 4.90 Å². The fraction of sp³-hybridized carbons (Fsp3) is 0.625. The standard InChI is InChI=1S/C16H24N6O2/c1-20(2)15(24)11-21(3)10-13(23)12(9-17)16-19-18-14-7-5-4-6-8-22(14)16/h23H,4-8,10-11H2,1-3H3/p+1/b13-12-. The smallest absolute Gasteiger partial charge is 0.277 e. The molecule has 0 bridgehead atoms. The third-order valence-corrected chi connectivity index (χ3v) is 4.15. The SMILES string of the molecule is CN(C)C(=O)C[NH+](C)C/C(O)=C(\C#N)c1nnc2n1CCCCC2. The van der Waals surface area contributed by atoms with Gasteiger partial charge < -0.3 is 19.5 Å². The van der Waals surface area contributed by atoms with Crippen molar-refractivity contribution in [2.45, 2.75) is 32.2 Å². The zero-order valence-corrected chi connectivity index (χ0v) is 14.5. The molecule has 24 heavy (non-hydrogen) atoms. The Morgan fingerprint density at radius 2 is 2.08 bits per heavy atom. The van der Waals surface area contributed by atoms with Crippen LogP contribution >= 0.6 is 0 Å². The Kier molecular flexibility index (Phi) is 5.93. The first kappa shape index (κ1) is 17.9. The molecular formula is C16H25N6O2+.